The van der Waals surface area contributed by atoms with Gasteiger partial charge in [-0.3, -0.25) is 0 Å². The molecule has 0 amide bonds. The summed E-state index contributed by atoms with van der Waals surface area (Å²) in [5.74, 6) is 1.93. The third-order valence-corrected chi connectivity index (χ3v) is 4.85. The Kier molecular flexibility index (Phi) is 3.88. The zero-order valence-corrected chi connectivity index (χ0v) is 14.7. The third kappa shape index (κ3) is 2.63. The van der Waals surface area contributed by atoms with Gasteiger partial charge in [-0.25, -0.2) is 9.67 Å². The topological polar surface area (TPSA) is 46.8 Å². The van der Waals surface area contributed by atoms with E-state index in [4.69, 9.17) is 16.6 Å². The molecule has 0 N–H and O–H groups in total. The maximum Gasteiger partial charge on any atom is 0.253 e. The van der Waals surface area contributed by atoms with Crippen LogP contribution in [0.25, 0.3) is 16.9 Å². The van der Waals surface area contributed by atoms with Crippen LogP contribution >= 0.6 is 11.6 Å². The first-order valence-electron chi connectivity index (χ1n) is 8.39. The van der Waals surface area contributed by atoms with Crippen LogP contribution in [0.2, 0.25) is 5.02 Å². The Morgan fingerprint density at radius 3 is 2.58 bits per heavy atom. The van der Waals surface area contributed by atoms with Gasteiger partial charge in [0.2, 0.25) is 0 Å². The first kappa shape index (κ1) is 15.4. The molecule has 6 heteroatoms. The van der Waals surface area contributed by atoms with Crippen LogP contribution in [-0.2, 0) is 0 Å². The number of hydrogen-bond donors (Lipinski definition) is 0. The maximum atomic E-state index is 6.49. The smallest absolute Gasteiger partial charge is 0.253 e. The molecule has 1 fully saturated rings. The monoisotopic (exact) mass is 341 g/mol. The number of aromatic nitrogens is 4. The second kappa shape index (κ2) is 6.06. The van der Waals surface area contributed by atoms with Crippen LogP contribution in [-0.4, -0.2) is 32.8 Å². The number of anilines is 1. The summed E-state index contributed by atoms with van der Waals surface area (Å²) in [6.45, 7) is 6.37. The number of fused-ring (bicyclic) bond motifs is 1. The fourth-order valence-corrected chi connectivity index (χ4v) is 3.62. The summed E-state index contributed by atoms with van der Waals surface area (Å²) >= 11 is 6.49. The Balaban J connectivity index is 1.97. The van der Waals surface area contributed by atoms with Crippen molar-refractivity contribution in [3.05, 3.63) is 41.2 Å². The Hall–Kier alpha value is -2.14. The largest absolute Gasteiger partial charge is 0.356 e. The minimum absolute atomic E-state index is 0.360. The molecule has 24 heavy (non-hydrogen) atoms. The first-order valence-corrected chi connectivity index (χ1v) is 8.77. The average molecular weight is 342 g/mol. The van der Waals surface area contributed by atoms with Gasteiger partial charge in [-0.1, -0.05) is 25.4 Å². The van der Waals surface area contributed by atoms with Crippen LogP contribution < -0.4 is 4.90 Å². The molecular weight excluding hydrogens is 322 g/mol. The van der Waals surface area contributed by atoms with E-state index in [1.54, 1.807) is 10.9 Å². The van der Waals surface area contributed by atoms with Crippen molar-refractivity contribution in [2.24, 2.45) is 0 Å². The molecule has 0 aliphatic carbocycles. The number of rotatable bonds is 3. The lowest BCUT2D eigenvalue weighted by Gasteiger charge is -2.20. The highest BCUT2D eigenvalue weighted by atomic mass is 35.5. The predicted molar refractivity (Wildman–Crippen MR) is 97.2 cm³/mol. The maximum absolute atomic E-state index is 6.49. The van der Waals surface area contributed by atoms with Gasteiger partial charge in [-0.05, 0) is 42.5 Å². The van der Waals surface area contributed by atoms with Crippen LogP contribution in [0, 0.1) is 0 Å². The molecule has 1 aliphatic rings. The van der Waals surface area contributed by atoms with Crippen molar-refractivity contribution in [2.45, 2.75) is 32.6 Å². The number of hydrogen-bond acceptors (Lipinski definition) is 4. The molecule has 124 valence electrons. The summed E-state index contributed by atoms with van der Waals surface area (Å²) in [4.78, 5) is 11.9. The van der Waals surface area contributed by atoms with Crippen LogP contribution in [0.1, 0.15) is 38.2 Å². The Bertz CT molecular complexity index is 867. The fraction of sp³-hybridized carbons (Fsp3) is 0.389. The van der Waals surface area contributed by atoms with E-state index in [-0.39, 0.29) is 0 Å². The molecule has 0 atom stereocenters. The Morgan fingerprint density at radius 1 is 1.12 bits per heavy atom. The van der Waals surface area contributed by atoms with Crippen LogP contribution in [0.3, 0.4) is 0 Å². The number of nitrogens with zero attached hydrogens (tertiary/aromatic N) is 5. The molecule has 1 aromatic carbocycles. The molecule has 3 heterocycles. The summed E-state index contributed by atoms with van der Waals surface area (Å²) in [5.41, 5.74) is 2.01. The van der Waals surface area contributed by atoms with E-state index in [1.165, 1.54) is 12.8 Å². The van der Waals surface area contributed by atoms with Crippen molar-refractivity contribution < 1.29 is 0 Å². The van der Waals surface area contributed by atoms with E-state index in [2.05, 4.69) is 34.9 Å². The molecule has 0 radical (unpaired) electrons. The summed E-state index contributed by atoms with van der Waals surface area (Å²) in [6.07, 6.45) is 6.00. The Morgan fingerprint density at radius 2 is 1.92 bits per heavy atom. The van der Waals surface area contributed by atoms with Crippen LogP contribution in [0.4, 0.5) is 5.82 Å². The molecule has 3 aromatic rings. The van der Waals surface area contributed by atoms with Crippen molar-refractivity contribution in [1.29, 1.82) is 0 Å². The van der Waals surface area contributed by atoms with E-state index in [9.17, 15) is 0 Å². The highest BCUT2D eigenvalue weighted by Crippen LogP contribution is 2.34. The van der Waals surface area contributed by atoms with Gasteiger partial charge in [0, 0.05) is 35.9 Å². The summed E-state index contributed by atoms with van der Waals surface area (Å²) < 4.78 is 1.70. The standard InChI is InChI=1S/C18H20ClN5/c1-12(2)13-10-14-16(11-15(13)19)21-18(24-9-5-6-20-24)22-17(14)23-7-3-4-8-23/h5-6,9-12H,3-4,7-8H2,1-2H3. The molecule has 0 spiro atoms. The molecule has 1 saturated heterocycles. The van der Waals surface area contributed by atoms with Gasteiger partial charge in [-0.15, -0.1) is 0 Å². The van der Waals surface area contributed by atoms with Crippen molar-refractivity contribution in [1.82, 2.24) is 19.7 Å². The quantitative estimate of drug-likeness (QED) is 0.716. The molecular formula is C18H20ClN5. The van der Waals surface area contributed by atoms with Gasteiger partial charge in [0.25, 0.3) is 5.95 Å². The van der Waals surface area contributed by atoms with Crippen molar-refractivity contribution in [3.63, 3.8) is 0 Å². The van der Waals surface area contributed by atoms with Crippen LogP contribution in [0.5, 0.6) is 0 Å². The summed E-state index contributed by atoms with van der Waals surface area (Å²) in [6, 6.07) is 5.99. The second-order valence-corrected chi connectivity index (χ2v) is 6.94. The van der Waals surface area contributed by atoms with Gasteiger partial charge in [-0.2, -0.15) is 10.1 Å². The zero-order valence-electron chi connectivity index (χ0n) is 13.9. The predicted octanol–water partition coefficient (Wildman–Crippen LogP) is 4.19. The van der Waals surface area contributed by atoms with Gasteiger partial charge in [0.15, 0.2) is 0 Å². The molecule has 1 aliphatic heterocycles. The van der Waals surface area contributed by atoms with E-state index in [0.29, 0.717) is 11.9 Å². The molecule has 0 bridgehead atoms. The highest BCUT2D eigenvalue weighted by Gasteiger charge is 2.20. The lowest BCUT2D eigenvalue weighted by molar-refractivity contribution is 0.806. The number of benzene rings is 1. The lowest BCUT2D eigenvalue weighted by atomic mass is 10.0. The van der Waals surface area contributed by atoms with Gasteiger partial charge < -0.3 is 4.90 Å². The normalized spacial score (nSPS) is 14.9. The van der Waals surface area contributed by atoms with Crippen molar-refractivity contribution in [2.75, 3.05) is 18.0 Å². The van der Waals surface area contributed by atoms with E-state index < -0.39 is 0 Å². The van der Waals surface area contributed by atoms with Gasteiger partial charge in [0.1, 0.15) is 5.82 Å². The van der Waals surface area contributed by atoms with Gasteiger partial charge >= 0.3 is 0 Å². The van der Waals surface area contributed by atoms with Gasteiger partial charge in [0.05, 0.1) is 5.52 Å². The number of halogens is 1. The average Bonchev–Trinajstić information content (AvgIpc) is 3.26. The summed E-state index contributed by atoms with van der Waals surface area (Å²) in [5, 5.41) is 6.10. The highest BCUT2D eigenvalue weighted by molar-refractivity contribution is 6.32. The molecule has 2 aromatic heterocycles. The van der Waals surface area contributed by atoms with E-state index in [1.807, 2.05) is 18.3 Å². The minimum Gasteiger partial charge on any atom is -0.356 e. The van der Waals surface area contributed by atoms with Crippen LogP contribution in [0.15, 0.2) is 30.6 Å². The van der Waals surface area contributed by atoms with Crippen molar-refractivity contribution in [3.8, 4) is 5.95 Å². The SMILES string of the molecule is CC(C)c1cc2c(N3CCCC3)nc(-n3cccn3)nc2cc1Cl. The third-order valence-electron chi connectivity index (χ3n) is 4.52. The molecule has 5 nitrogen and oxygen atoms in total. The minimum atomic E-state index is 0.360. The lowest BCUT2D eigenvalue weighted by Crippen LogP contribution is -2.20. The second-order valence-electron chi connectivity index (χ2n) is 6.54. The van der Waals surface area contributed by atoms with Crippen molar-refractivity contribution >= 4 is 28.3 Å². The zero-order chi connectivity index (χ0) is 16.7. The first-order chi connectivity index (χ1) is 11.6. The fourth-order valence-electron chi connectivity index (χ4n) is 3.24. The van der Waals surface area contributed by atoms with E-state index >= 15 is 0 Å². The molecule has 4 rings (SSSR count). The van der Waals surface area contributed by atoms with E-state index in [0.717, 1.165) is 40.4 Å². The molecule has 0 saturated carbocycles. The summed E-state index contributed by atoms with van der Waals surface area (Å²) in [7, 11) is 0. The molecule has 0 unspecified atom stereocenters. The Labute approximate surface area is 146 Å².